The fraction of sp³-hybridized carbons (Fsp3) is 0.500. The van der Waals surface area contributed by atoms with Gasteiger partial charge in [-0.3, -0.25) is 11.4 Å². The molecule has 1 radical (unpaired) electrons. The van der Waals surface area contributed by atoms with E-state index in [1.165, 1.54) is 6.33 Å². The zero-order chi connectivity index (χ0) is 15.0. The Labute approximate surface area is 154 Å². The van der Waals surface area contributed by atoms with E-state index in [4.69, 9.17) is 14.6 Å². The molecule has 0 aliphatic carbocycles. The maximum atomic E-state index is 9.10. The van der Waals surface area contributed by atoms with Gasteiger partial charge in [-0.1, -0.05) is 13.2 Å². The number of aromatic nitrogens is 4. The summed E-state index contributed by atoms with van der Waals surface area (Å²) in [4.78, 5) is 12.7. The fourth-order valence-electron chi connectivity index (χ4n) is 2.46. The first-order chi connectivity index (χ1) is 10.00. The molecule has 1 aliphatic rings. The molecule has 1 N–H and O–H groups in total. The van der Waals surface area contributed by atoms with E-state index in [2.05, 4.69) is 15.0 Å². The fourth-order valence-corrected chi connectivity index (χ4v) is 2.46. The van der Waals surface area contributed by atoms with Crippen molar-refractivity contribution in [3.63, 3.8) is 0 Å². The maximum Gasteiger partial charge on any atom is 0.159 e. The van der Waals surface area contributed by atoms with Crippen LogP contribution in [0.3, 0.4) is 0 Å². The minimum atomic E-state index is -0.696. The molecule has 0 bridgehead atoms. The molecule has 7 nitrogen and oxygen atoms in total. The quantitative estimate of drug-likeness (QED) is 0.794. The number of imidazole rings is 1. The first-order valence-corrected chi connectivity index (χ1v) is 6.79. The zero-order valence-corrected chi connectivity index (χ0v) is 15.6. The van der Waals surface area contributed by atoms with Crippen molar-refractivity contribution in [2.75, 3.05) is 6.61 Å². The third-order valence-electron chi connectivity index (χ3n) is 3.35. The topological polar surface area (TPSA) is 82.3 Å². The maximum absolute atomic E-state index is 9.10. The van der Waals surface area contributed by atoms with Gasteiger partial charge in [0.05, 0.1) is 16.9 Å². The second-order valence-electron chi connectivity index (χ2n) is 5.42. The minimum absolute atomic E-state index is 0. The molecule has 0 aromatic carbocycles. The zero-order valence-electron chi connectivity index (χ0n) is 12.8. The summed E-state index contributed by atoms with van der Waals surface area (Å²) in [6.45, 7) is 7.37. The van der Waals surface area contributed by atoms with Crippen molar-refractivity contribution in [2.24, 2.45) is 0 Å². The Morgan fingerprint density at radius 2 is 2.00 bits per heavy atom. The summed E-state index contributed by atoms with van der Waals surface area (Å²) in [5.41, 5.74) is 2.31. The number of aliphatic hydroxyl groups is 1. The van der Waals surface area contributed by atoms with E-state index < -0.39 is 5.79 Å². The molecule has 3 rings (SSSR count). The van der Waals surface area contributed by atoms with E-state index in [1.807, 2.05) is 27.3 Å². The number of aliphatic hydroxyl groups excluding tert-OH is 1. The van der Waals surface area contributed by atoms with Gasteiger partial charge in [0.2, 0.25) is 0 Å². The summed E-state index contributed by atoms with van der Waals surface area (Å²) in [5, 5.41) is 9.10. The summed E-state index contributed by atoms with van der Waals surface area (Å²) < 4.78 is 13.4. The van der Waals surface area contributed by atoms with Crippen molar-refractivity contribution in [1.82, 2.24) is 19.5 Å². The molecular weight excluding hydrogens is 361 g/mol. The van der Waals surface area contributed by atoms with E-state index in [0.717, 1.165) is 16.9 Å². The number of rotatable bonds is 4. The van der Waals surface area contributed by atoms with E-state index >= 15 is 0 Å². The SMILES string of the molecule is Cc1ncnc2c1ncn2[CH-][C@@H]1OC(C)(C)O[C@@H]1[CH-]CO.[Y]. The van der Waals surface area contributed by atoms with Crippen LogP contribution in [0.2, 0.25) is 0 Å². The minimum Gasteiger partial charge on any atom is -0.451 e. The summed E-state index contributed by atoms with van der Waals surface area (Å²) in [6, 6.07) is 0. The van der Waals surface area contributed by atoms with Crippen LogP contribution in [-0.4, -0.2) is 49.2 Å². The summed E-state index contributed by atoms with van der Waals surface area (Å²) in [6.07, 6.45) is 4.23. The number of fused-ring (bicyclic) bond motifs is 1. The van der Waals surface area contributed by atoms with Gasteiger partial charge in [-0.15, -0.1) is 0 Å². The van der Waals surface area contributed by atoms with E-state index in [0.29, 0.717) is 0 Å². The molecule has 2 aromatic rings. The molecule has 1 fully saturated rings. The molecule has 8 heteroatoms. The predicted octanol–water partition coefficient (Wildman–Crippen LogP) is 0.859. The second-order valence-corrected chi connectivity index (χ2v) is 5.42. The molecule has 0 unspecified atom stereocenters. The van der Waals surface area contributed by atoms with Crippen molar-refractivity contribution in [3.8, 4) is 0 Å². The Hall–Kier alpha value is -0.596. The van der Waals surface area contributed by atoms with Crippen molar-refractivity contribution >= 4 is 11.2 Å². The van der Waals surface area contributed by atoms with Crippen LogP contribution < -0.4 is 0 Å². The standard InChI is InChI=1S/C14H18N4O3.Y/c1-9-12-13(16-7-15-9)18(8-17-12)6-11-10(4-5-19)20-14(2,3)21-11;/h4,6-8,10-11,19H,5H2,1-3H3;/q-2;/t10-,11+;/m1./s1. The first kappa shape index (κ1) is 17.8. The number of hydrogen-bond acceptors (Lipinski definition) is 6. The number of nitrogens with zero attached hydrogens (tertiary/aromatic N) is 4. The largest absolute Gasteiger partial charge is 0.451 e. The molecule has 0 amide bonds. The van der Waals surface area contributed by atoms with Crippen LogP contribution in [0.4, 0.5) is 0 Å². The Morgan fingerprint density at radius 3 is 2.73 bits per heavy atom. The van der Waals surface area contributed by atoms with Gasteiger partial charge in [0, 0.05) is 38.8 Å². The van der Waals surface area contributed by atoms with Gasteiger partial charge in [0.25, 0.3) is 0 Å². The van der Waals surface area contributed by atoms with Gasteiger partial charge in [-0.25, -0.2) is 4.98 Å². The van der Waals surface area contributed by atoms with Gasteiger partial charge < -0.3 is 24.1 Å². The van der Waals surface area contributed by atoms with Crippen LogP contribution in [0.25, 0.3) is 11.2 Å². The number of hydrogen-bond donors (Lipinski definition) is 1. The van der Waals surface area contributed by atoms with Gasteiger partial charge in [0.1, 0.15) is 6.33 Å². The van der Waals surface area contributed by atoms with Gasteiger partial charge >= 0.3 is 0 Å². The molecule has 2 atom stereocenters. The monoisotopic (exact) mass is 379 g/mol. The van der Waals surface area contributed by atoms with Gasteiger partial charge in [-0.2, -0.15) is 0 Å². The van der Waals surface area contributed by atoms with Crippen LogP contribution in [0, 0.1) is 19.9 Å². The molecule has 1 saturated heterocycles. The van der Waals surface area contributed by atoms with Gasteiger partial charge in [0.15, 0.2) is 5.79 Å². The third-order valence-corrected chi connectivity index (χ3v) is 3.35. The Kier molecular flexibility index (Phi) is 5.56. The third kappa shape index (κ3) is 3.49. The van der Waals surface area contributed by atoms with Gasteiger partial charge in [-0.05, 0) is 33.2 Å². The van der Waals surface area contributed by atoms with E-state index in [9.17, 15) is 0 Å². The molecule has 117 valence electrons. The average Bonchev–Trinajstić information content (AvgIpc) is 2.93. The molecular formula is C14H18N4O3Y-2. The Balaban J connectivity index is 0.00000176. The second kappa shape index (κ2) is 6.88. The predicted molar refractivity (Wildman–Crippen MR) is 75.0 cm³/mol. The van der Waals surface area contributed by atoms with Crippen LogP contribution in [-0.2, 0) is 42.2 Å². The van der Waals surface area contributed by atoms with Crippen LogP contribution in [0.15, 0.2) is 12.7 Å². The number of aryl methyl sites for hydroxylation is 1. The summed E-state index contributed by atoms with van der Waals surface area (Å²) in [5.74, 6) is -0.696. The van der Waals surface area contributed by atoms with Crippen LogP contribution >= 0.6 is 0 Å². The van der Waals surface area contributed by atoms with E-state index in [-0.39, 0.29) is 51.5 Å². The molecule has 3 heterocycles. The van der Waals surface area contributed by atoms with E-state index in [1.54, 1.807) is 17.3 Å². The Bertz CT molecular complexity index is 646. The number of ether oxygens (including phenoxy) is 2. The first-order valence-electron chi connectivity index (χ1n) is 6.79. The molecule has 22 heavy (non-hydrogen) atoms. The van der Waals surface area contributed by atoms with Crippen molar-refractivity contribution < 1.29 is 47.3 Å². The van der Waals surface area contributed by atoms with Crippen molar-refractivity contribution in [2.45, 2.75) is 38.8 Å². The van der Waals surface area contributed by atoms with Crippen LogP contribution in [0.1, 0.15) is 19.5 Å². The normalized spacial score (nSPS) is 23.5. The van der Waals surface area contributed by atoms with Crippen molar-refractivity contribution in [3.05, 3.63) is 31.3 Å². The smallest absolute Gasteiger partial charge is 0.159 e. The van der Waals surface area contributed by atoms with Crippen molar-refractivity contribution in [1.29, 1.82) is 0 Å². The molecule has 0 saturated carbocycles. The molecule has 0 spiro atoms. The van der Waals surface area contributed by atoms with Crippen LogP contribution in [0.5, 0.6) is 0 Å². The molecule has 2 aromatic heterocycles. The average molecular weight is 379 g/mol. The summed E-state index contributed by atoms with van der Waals surface area (Å²) >= 11 is 0. The molecule has 1 aliphatic heterocycles. The Morgan fingerprint density at radius 1 is 1.27 bits per heavy atom. The summed E-state index contributed by atoms with van der Waals surface area (Å²) in [7, 11) is 0.